The number of carboxylic acids is 1. The Kier molecular flexibility index (Phi) is 5.50. The fourth-order valence-corrected chi connectivity index (χ4v) is 2.13. The van der Waals surface area contributed by atoms with Crippen LogP contribution in [0.15, 0.2) is 11.4 Å². The molecule has 0 spiro atoms. The largest absolute Gasteiger partial charge is 0.481 e. The third-order valence-corrected chi connectivity index (χ3v) is 3.42. The number of imidazole rings is 1. The average molecular weight is 257 g/mol. The van der Waals surface area contributed by atoms with Crippen molar-refractivity contribution in [1.82, 2.24) is 14.5 Å². The van der Waals surface area contributed by atoms with Crippen LogP contribution in [-0.4, -0.2) is 51.4 Å². The lowest BCUT2D eigenvalue weighted by molar-refractivity contribution is -0.133. The van der Waals surface area contributed by atoms with Crippen LogP contribution in [0.2, 0.25) is 0 Å². The molecular formula is C11H19N3O2S. The second kappa shape index (κ2) is 6.66. The SMILES string of the molecule is CCN(C)CCn1cc(C)nc1SCC(=O)O. The molecule has 0 aromatic carbocycles. The Labute approximate surface area is 106 Å². The summed E-state index contributed by atoms with van der Waals surface area (Å²) in [6.45, 7) is 6.81. The predicted molar refractivity (Wildman–Crippen MR) is 68.5 cm³/mol. The zero-order valence-electron chi connectivity index (χ0n) is 10.5. The minimum Gasteiger partial charge on any atom is -0.481 e. The molecular weight excluding hydrogens is 238 g/mol. The van der Waals surface area contributed by atoms with Crippen LogP contribution in [0.1, 0.15) is 12.6 Å². The third kappa shape index (κ3) is 4.79. The molecule has 1 heterocycles. The van der Waals surface area contributed by atoms with Gasteiger partial charge in [0.15, 0.2) is 5.16 Å². The van der Waals surface area contributed by atoms with E-state index in [1.165, 1.54) is 11.8 Å². The molecule has 96 valence electrons. The third-order valence-electron chi connectivity index (χ3n) is 2.45. The normalized spacial score (nSPS) is 11.1. The highest BCUT2D eigenvalue weighted by Crippen LogP contribution is 2.17. The Morgan fingerprint density at radius 1 is 1.65 bits per heavy atom. The van der Waals surface area contributed by atoms with E-state index in [1.54, 1.807) is 0 Å². The maximum Gasteiger partial charge on any atom is 0.313 e. The molecule has 0 radical (unpaired) electrons. The Morgan fingerprint density at radius 2 is 2.35 bits per heavy atom. The number of aliphatic carboxylic acids is 1. The predicted octanol–water partition coefficient (Wildman–Crippen LogP) is 1.32. The number of rotatable bonds is 7. The lowest BCUT2D eigenvalue weighted by Crippen LogP contribution is -2.22. The van der Waals surface area contributed by atoms with Crippen molar-refractivity contribution >= 4 is 17.7 Å². The smallest absolute Gasteiger partial charge is 0.313 e. The van der Waals surface area contributed by atoms with E-state index in [9.17, 15) is 4.79 Å². The van der Waals surface area contributed by atoms with Gasteiger partial charge >= 0.3 is 5.97 Å². The first kappa shape index (κ1) is 14.1. The quantitative estimate of drug-likeness (QED) is 0.747. The van der Waals surface area contributed by atoms with Crippen LogP contribution in [0.4, 0.5) is 0 Å². The van der Waals surface area contributed by atoms with Gasteiger partial charge in [0.1, 0.15) is 0 Å². The highest BCUT2D eigenvalue weighted by atomic mass is 32.2. The van der Waals surface area contributed by atoms with Crippen LogP contribution in [0, 0.1) is 6.92 Å². The maximum absolute atomic E-state index is 10.5. The maximum atomic E-state index is 10.5. The monoisotopic (exact) mass is 257 g/mol. The van der Waals surface area contributed by atoms with Gasteiger partial charge < -0.3 is 14.6 Å². The summed E-state index contributed by atoms with van der Waals surface area (Å²) in [4.78, 5) is 17.1. The highest BCUT2D eigenvalue weighted by molar-refractivity contribution is 7.99. The first-order valence-corrected chi connectivity index (χ1v) is 6.58. The molecule has 17 heavy (non-hydrogen) atoms. The molecule has 1 aromatic heterocycles. The molecule has 0 atom stereocenters. The van der Waals surface area contributed by atoms with Crippen LogP contribution >= 0.6 is 11.8 Å². The van der Waals surface area contributed by atoms with Crippen LogP contribution in [0.25, 0.3) is 0 Å². The van der Waals surface area contributed by atoms with Crippen molar-refractivity contribution in [3.05, 3.63) is 11.9 Å². The van der Waals surface area contributed by atoms with Crippen LogP contribution in [0.5, 0.6) is 0 Å². The van der Waals surface area contributed by atoms with Gasteiger partial charge in [-0.1, -0.05) is 18.7 Å². The van der Waals surface area contributed by atoms with E-state index in [4.69, 9.17) is 5.11 Å². The van der Waals surface area contributed by atoms with Gasteiger partial charge in [-0.2, -0.15) is 0 Å². The Bertz CT molecular complexity index is 379. The number of carboxylic acid groups (broad SMARTS) is 1. The molecule has 0 aliphatic heterocycles. The van der Waals surface area contributed by atoms with E-state index in [1.807, 2.05) is 17.7 Å². The minimum atomic E-state index is -0.812. The number of carbonyl (C=O) groups is 1. The Hall–Kier alpha value is -1.01. The summed E-state index contributed by atoms with van der Waals surface area (Å²) in [6, 6.07) is 0. The van der Waals surface area contributed by atoms with Gasteiger partial charge in [-0.15, -0.1) is 0 Å². The molecule has 1 rings (SSSR count). The molecule has 1 N–H and O–H groups in total. The highest BCUT2D eigenvalue weighted by Gasteiger charge is 2.08. The van der Waals surface area contributed by atoms with E-state index in [0.717, 1.165) is 30.5 Å². The molecule has 0 aliphatic rings. The summed E-state index contributed by atoms with van der Waals surface area (Å²) >= 11 is 1.27. The standard InChI is InChI=1S/C11H19N3O2S/c1-4-13(3)5-6-14-7-9(2)12-11(14)17-8-10(15)16/h7H,4-6,8H2,1-3H3,(H,15,16). The summed E-state index contributed by atoms with van der Waals surface area (Å²) < 4.78 is 2.02. The average Bonchev–Trinajstić information content (AvgIpc) is 2.63. The molecule has 0 amide bonds. The lowest BCUT2D eigenvalue weighted by atomic mass is 10.5. The number of aryl methyl sites for hydroxylation is 1. The van der Waals surface area contributed by atoms with E-state index < -0.39 is 5.97 Å². The second-order valence-corrected chi connectivity index (χ2v) is 4.88. The number of hydrogen-bond acceptors (Lipinski definition) is 4. The summed E-state index contributed by atoms with van der Waals surface area (Å²) in [5.74, 6) is -0.757. The number of likely N-dealkylation sites (N-methyl/N-ethyl adjacent to an activating group) is 1. The summed E-state index contributed by atoms with van der Waals surface area (Å²) in [7, 11) is 2.06. The summed E-state index contributed by atoms with van der Waals surface area (Å²) in [5.41, 5.74) is 0.928. The molecule has 0 saturated heterocycles. The molecule has 0 aliphatic carbocycles. The first-order valence-electron chi connectivity index (χ1n) is 5.59. The molecule has 6 heteroatoms. The number of nitrogens with zero attached hydrogens (tertiary/aromatic N) is 3. The molecule has 0 unspecified atom stereocenters. The van der Waals surface area contributed by atoms with Crippen molar-refractivity contribution in [2.45, 2.75) is 25.5 Å². The molecule has 0 fully saturated rings. The van der Waals surface area contributed by atoms with Gasteiger partial charge in [0, 0.05) is 19.3 Å². The van der Waals surface area contributed by atoms with Crippen molar-refractivity contribution in [3.8, 4) is 0 Å². The second-order valence-electron chi connectivity index (χ2n) is 3.94. The van der Waals surface area contributed by atoms with Gasteiger partial charge in [-0.05, 0) is 20.5 Å². The zero-order chi connectivity index (χ0) is 12.8. The van der Waals surface area contributed by atoms with Gasteiger partial charge in [-0.3, -0.25) is 4.79 Å². The number of aromatic nitrogens is 2. The van der Waals surface area contributed by atoms with E-state index in [-0.39, 0.29) is 5.75 Å². The molecule has 1 aromatic rings. The van der Waals surface area contributed by atoms with Gasteiger partial charge in [0.05, 0.1) is 11.4 Å². The van der Waals surface area contributed by atoms with Crippen LogP contribution < -0.4 is 0 Å². The number of thioether (sulfide) groups is 1. The minimum absolute atomic E-state index is 0.0556. The van der Waals surface area contributed by atoms with Crippen molar-refractivity contribution in [1.29, 1.82) is 0 Å². The fraction of sp³-hybridized carbons (Fsp3) is 0.636. The molecule has 5 nitrogen and oxygen atoms in total. The topological polar surface area (TPSA) is 58.4 Å². The van der Waals surface area contributed by atoms with E-state index >= 15 is 0 Å². The number of hydrogen-bond donors (Lipinski definition) is 1. The van der Waals surface area contributed by atoms with Gasteiger partial charge in [-0.25, -0.2) is 4.98 Å². The van der Waals surface area contributed by atoms with Crippen molar-refractivity contribution in [2.24, 2.45) is 0 Å². The van der Waals surface area contributed by atoms with Crippen LogP contribution in [0.3, 0.4) is 0 Å². The Balaban J connectivity index is 2.60. The van der Waals surface area contributed by atoms with Gasteiger partial charge in [0.25, 0.3) is 0 Å². The Morgan fingerprint density at radius 3 is 2.94 bits per heavy atom. The lowest BCUT2D eigenvalue weighted by Gasteiger charge is -2.14. The van der Waals surface area contributed by atoms with Crippen molar-refractivity contribution in [2.75, 3.05) is 25.9 Å². The van der Waals surface area contributed by atoms with Gasteiger partial charge in [0.2, 0.25) is 0 Å². The van der Waals surface area contributed by atoms with E-state index in [2.05, 4.69) is 23.9 Å². The van der Waals surface area contributed by atoms with Crippen LogP contribution in [-0.2, 0) is 11.3 Å². The summed E-state index contributed by atoms with van der Waals surface area (Å²) in [5, 5.41) is 9.45. The van der Waals surface area contributed by atoms with Crippen molar-refractivity contribution < 1.29 is 9.90 Å². The fourth-order valence-electron chi connectivity index (χ4n) is 1.36. The first-order chi connectivity index (χ1) is 8.02. The van der Waals surface area contributed by atoms with Crippen molar-refractivity contribution in [3.63, 3.8) is 0 Å². The summed E-state index contributed by atoms with van der Waals surface area (Å²) in [6.07, 6.45) is 1.97. The zero-order valence-corrected chi connectivity index (χ0v) is 11.3. The van der Waals surface area contributed by atoms with E-state index in [0.29, 0.717) is 0 Å². The molecule has 0 saturated carbocycles. The molecule has 0 bridgehead atoms.